The van der Waals surface area contributed by atoms with Crippen LogP contribution in [0.5, 0.6) is 0 Å². The highest BCUT2D eigenvalue weighted by molar-refractivity contribution is 4.75. The molecule has 1 N–H and O–H groups in total. The molecule has 1 nitrogen and oxygen atoms in total. The van der Waals surface area contributed by atoms with Crippen LogP contribution in [0.4, 0.5) is 0 Å². The Labute approximate surface area is 76.2 Å². The summed E-state index contributed by atoms with van der Waals surface area (Å²) in [5.74, 6) is 2.17. The minimum Gasteiger partial charge on any atom is -0.393 e. The molecule has 1 saturated carbocycles. The maximum atomic E-state index is 9.66. The van der Waals surface area contributed by atoms with Gasteiger partial charge in [0.05, 0.1) is 6.10 Å². The second-order valence-corrected chi connectivity index (χ2v) is 4.70. The minimum atomic E-state index is -0.0336. The molecule has 0 spiro atoms. The number of aliphatic hydroxyl groups is 1. The van der Waals surface area contributed by atoms with Crippen molar-refractivity contribution >= 4 is 0 Å². The standard InChI is InChI=1S/C11H22O/c1-8(2)10-5-4-9(3)11(12)7-6-10/h8-12H,4-7H2,1-3H3/t9-,10-,11-/m0/s1. The topological polar surface area (TPSA) is 20.2 Å². The lowest BCUT2D eigenvalue weighted by Crippen LogP contribution is -2.14. The van der Waals surface area contributed by atoms with Gasteiger partial charge in [0.25, 0.3) is 0 Å². The van der Waals surface area contributed by atoms with Crippen molar-refractivity contribution in [2.24, 2.45) is 17.8 Å². The van der Waals surface area contributed by atoms with Crippen molar-refractivity contribution in [1.82, 2.24) is 0 Å². The first kappa shape index (κ1) is 10.0. The lowest BCUT2D eigenvalue weighted by atomic mass is 9.89. The van der Waals surface area contributed by atoms with Gasteiger partial charge in [-0.3, -0.25) is 0 Å². The van der Waals surface area contributed by atoms with E-state index in [0.717, 1.165) is 18.3 Å². The lowest BCUT2D eigenvalue weighted by molar-refractivity contribution is 0.109. The second kappa shape index (κ2) is 4.27. The summed E-state index contributed by atoms with van der Waals surface area (Å²) < 4.78 is 0. The van der Waals surface area contributed by atoms with Crippen LogP contribution in [-0.4, -0.2) is 11.2 Å². The zero-order valence-electron chi connectivity index (χ0n) is 8.59. The predicted octanol–water partition coefficient (Wildman–Crippen LogP) is 2.83. The van der Waals surface area contributed by atoms with E-state index in [2.05, 4.69) is 20.8 Å². The van der Waals surface area contributed by atoms with Crippen LogP contribution in [0.3, 0.4) is 0 Å². The van der Waals surface area contributed by atoms with Crippen molar-refractivity contribution < 1.29 is 5.11 Å². The average molecular weight is 170 g/mol. The van der Waals surface area contributed by atoms with Gasteiger partial charge in [0.1, 0.15) is 0 Å². The van der Waals surface area contributed by atoms with Gasteiger partial charge >= 0.3 is 0 Å². The Hall–Kier alpha value is -0.0400. The molecule has 0 heterocycles. The van der Waals surface area contributed by atoms with Crippen LogP contribution in [0, 0.1) is 17.8 Å². The molecular formula is C11H22O. The van der Waals surface area contributed by atoms with Crippen molar-refractivity contribution in [2.45, 2.75) is 52.6 Å². The number of aliphatic hydroxyl groups excluding tert-OH is 1. The summed E-state index contributed by atoms with van der Waals surface area (Å²) in [6.45, 7) is 6.77. The zero-order valence-corrected chi connectivity index (χ0v) is 8.59. The van der Waals surface area contributed by atoms with Gasteiger partial charge in [0.2, 0.25) is 0 Å². The molecule has 0 amide bonds. The third kappa shape index (κ3) is 2.48. The molecule has 0 saturated heterocycles. The molecule has 0 aliphatic heterocycles. The van der Waals surface area contributed by atoms with Gasteiger partial charge in [-0.25, -0.2) is 0 Å². The first-order chi connectivity index (χ1) is 5.61. The summed E-state index contributed by atoms with van der Waals surface area (Å²) in [4.78, 5) is 0. The van der Waals surface area contributed by atoms with E-state index in [0.29, 0.717) is 5.92 Å². The van der Waals surface area contributed by atoms with Gasteiger partial charge in [0, 0.05) is 0 Å². The summed E-state index contributed by atoms with van der Waals surface area (Å²) in [5, 5.41) is 9.66. The monoisotopic (exact) mass is 170 g/mol. The summed E-state index contributed by atoms with van der Waals surface area (Å²) in [5.41, 5.74) is 0. The van der Waals surface area contributed by atoms with Crippen molar-refractivity contribution in [2.75, 3.05) is 0 Å². The molecular weight excluding hydrogens is 148 g/mol. The van der Waals surface area contributed by atoms with E-state index in [9.17, 15) is 5.11 Å². The molecule has 3 atom stereocenters. The van der Waals surface area contributed by atoms with Gasteiger partial charge < -0.3 is 5.11 Å². The fourth-order valence-corrected chi connectivity index (χ4v) is 2.15. The Morgan fingerprint density at radius 3 is 2.25 bits per heavy atom. The van der Waals surface area contributed by atoms with Gasteiger partial charge in [-0.1, -0.05) is 20.8 Å². The largest absolute Gasteiger partial charge is 0.393 e. The number of hydrogen-bond donors (Lipinski definition) is 1. The fourth-order valence-electron chi connectivity index (χ4n) is 2.15. The van der Waals surface area contributed by atoms with E-state index in [1.165, 1.54) is 19.3 Å². The Bertz CT molecular complexity index is 119. The van der Waals surface area contributed by atoms with E-state index in [1.54, 1.807) is 0 Å². The maximum absolute atomic E-state index is 9.66. The Kier molecular flexibility index (Phi) is 3.57. The highest BCUT2D eigenvalue weighted by atomic mass is 16.3. The molecule has 1 heteroatoms. The van der Waals surface area contributed by atoms with Gasteiger partial charge in [-0.15, -0.1) is 0 Å². The average Bonchev–Trinajstić information content (AvgIpc) is 2.16. The number of rotatable bonds is 1. The second-order valence-electron chi connectivity index (χ2n) is 4.70. The summed E-state index contributed by atoms with van der Waals surface area (Å²) in [7, 11) is 0. The third-order valence-electron chi connectivity index (χ3n) is 3.43. The highest BCUT2D eigenvalue weighted by Gasteiger charge is 2.23. The molecule has 0 unspecified atom stereocenters. The van der Waals surface area contributed by atoms with E-state index in [-0.39, 0.29) is 6.10 Å². The van der Waals surface area contributed by atoms with E-state index in [1.807, 2.05) is 0 Å². The van der Waals surface area contributed by atoms with Crippen LogP contribution in [0.2, 0.25) is 0 Å². The molecule has 72 valence electrons. The molecule has 0 aromatic rings. The molecule has 0 bridgehead atoms. The van der Waals surface area contributed by atoms with Crippen LogP contribution in [0.25, 0.3) is 0 Å². The van der Waals surface area contributed by atoms with E-state index >= 15 is 0 Å². The minimum absolute atomic E-state index is 0.0336. The predicted molar refractivity (Wildman–Crippen MR) is 52.0 cm³/mol. The molecule has 0 radical (unpaired) electrons. The van der Waals surface area contributed by atoms with Gasteiger partial charge in [0.15, 0.2) is 0 Å². The van der Waals surface area contributed by atoms with Gasteiger partial charge in [-0.05, 0) is 43.4 Å². The quantitative estimate of drug-likeness (QED) is 0.600. The zero-order chi connectivity index (χ0) is 9.14. The van der Waals surface area contributed by atoms with E-state index in [4.69, 9.17) is 0 Å². The fraction of sp³-hybridized carbons (Fsp3) is 1.00. The van der Waals surface area contributed by atoms with Crippen LogP contribution in [0.1, 0.15) is 46.5 Å². The highest BCUT2D eigenvalue weighted by Crippen LogP contribution is 2.31. The first-order valence-electron chi connectivity index (χ1n) is 5.29. The van der Waals surface area contributed by atoms with Crippen LogP contribution in [-0.2, 0) is 0 Å². The number of hydrogen-bond acceptors (Lipinski definition) is 1. The third-order valence-corrected chi connectivity index (χ3v) is 3.43. The van der Waals surface area contributed by atoms with Crippen molar-refractivity contribution in [3.05, 3.63) is 0 Å². The maximum Gasteiger partial charge on any atom is 0.0565 e. The first-order valence-corrected chi connectivity index (χ1v) is 5.29. The van der Waals surface area contributed by atoms with Crippen LogP contribution in [0.15, 0.2) is 0 Å². The SMILES string of the molecule is CC(C)[C@H]1CC[C@H](C)[C@@H](O)CC1. The summed E-state index contributed by atoms with van der Waals surface area (Å²) in [6.07, 6.45) is 4.74. The molecule has 1 rings (SSSR count). The molecule has 0 aromatic heterocycles. The Morgan fingerprint density at radius 1 is 1.08 bits per heavy atom. The van der Waals surface area contributed by atoms with Crippen molar-refractivity contribution in [1.29, 1.82) is 0 Å². The smallest absolute Gasteiger partial charge is 0.0565 e. The van der Waals surface area contributed by atoms with Gasteiger partial charge in [-0.2, -0.15) is 0 Å². The normalized spacial score (nSPS) is 38.2. The van der Waals surface area contributed by atoms with Crippen LogP contribution < -0.4 is 0 Å². The molecule has 1 aliphatic rings. The molecule has 1 aliphatic carbocycles. The van der Waals surface area contributed by atoms with Crippen molar-refractivity contribution in [3.8, 4) is 0 Å². The molecule has 1 fully saturated rings. The molecule has 12 heavy (non-hydrogen) atoms. The summed E-state index contributed by atoms with van der Waals surface area (Å²) in [6, 6.07) is 0. The Balaban J connectivity index is 2.44. The Morgan fingerprint density at radius 2 is 1.67 bits per heavy atom. The lowest BCUT2D eigenvalue weighted by Gasteiger charge is -2.17. The van der Waals surface area contributed by atoms with Crippen LogP contribution >= 0.6 is 0 Å². The molecule has 0 aromatic carbocycles. The van der Waals surface area contributed by atoms with E-state index < -0.39 is 0 Å². The van der Waals surface area contributed by atoms with Crippen molar-refractivity contribution in [3.63, 3.8) is 0 Å². The summed E-state index contributed by atoms with van der Waals surface area (Å²) >= 11 is 0.